The van der Waals surface area contributed by atoms with E-state index in [1.807, 2.05) is 0 Å². The molecule has 0 aliphatic rings. The molecule has 2 heterocycles. The van der Waals surface area contributed by atoms with Gasteiger partial charge in [-0.25, -0.2) is 17.2 Å². The molecule has 0 fully saturated rings. The van der Waals surface area contributed by atoms with Crippen molar-refractivity contribution in [3.05, 3.63) is 51.3 Å². The van der Waals surface area contributed by atoms with Gasteiger partial charge in [0, 0.05) is 21.9 Å². The molecule has 3 rings (SSSR count). The number of nitrogens with zero attached hydrogens (tertiary/aromatic N) is 1. The minimum atomic E-state index is -4.12. The third kappa shape index (κ3) is 3.29. The Morgan fingerprint density at radius 1 is 1.12 bits per heavy atom. The first kappa shape index (κ1) is 17.6. The Hall–Kier alpha value is -2.26. The van der Waals surface area contributed by atoms with Gasteiger partial charge in [-0.3, -0.25) is 4.72 Å². The van der Waals surface area contributed by atoms with Crippen LogP contribution in [0, 0.1) is 32.4 Å². The van der Waals surface area contributed by atoms with Gasteiger partial charge in [0.2, 0.25) is 0 Å². The normalized spacial score (nSPS) is 11.7. The molecule has 0 saturated carbocycles. The molecule has 9 heteroatoms. The molecular weight excluding hydrogens is 370 g/mol. The Labute approximate surface area is 147 Å². The van der Waals surface area contributed by atoms with Gasteiger partial charge in [0.05, 0.1) is 16.9 Å². The van der Waals surface area contributed by atoms with Gasteiger partial charge in [0.15, 0.2) is 5.76 Å². The van der Waals surface area contributed by atoms with E-state index < -0.39 is 21.7 Å². The molecule has 2 aromatic heterocycles. The number of anilines is 1. The second-order valence-electron chi connectivity index (χ2n) is 5.48. The van der Waals surface area contributed by atoms with E-state index in [0.717, 1.165) is 17.0 Å². The zero-order valence-electron chi connectivity index (χ0n) is 13.6. The van der Waals surface area contributed by atoms with E-state index in [-0.39, 0.29) is 10.6 Å². The van der Waals surface area contributed by atoms with Crippen LogP contribution in [0.25, 0.3) is 11.3 Å². The maximum absolute atomic E-state index is 13.8. The predicted octanol–water partition coefficient (Wildman–Crippen LogP) is 4.41. The van der Waals surface area contributed by atoms with Crippen molar-refractivity contribution in [1.82, 2.24) is 5.16 Å². The summed E-state index contributed by atoms with van der Waals surface area (Å²) in [5.41, 5.74) is 0.668. The van der Waals surface area contributed by atoms with Crippen LogP contribution in [-0.4, -0.2) is 13.6 Å². The number of hydrogen-bond acceptors (Lipinski definition) is 5. The minimum Gasteiger partial charge on any atom is -0.356 e. The van der Waals surface area contributed by atoms with E-state index >= 15 is 0 Å². The van der Waals surface area contributed by atoms with Crippen LogP contribution in [0.4, 0.5) is 14.5 Å². The fraction of sp³-hybridized carbons (Fsp3) is 0.188. The fourth-order valence-corrected chi connectivity index (χ4v) is 5.46. The van der Waals surface area contributed by atoms with E-state index in [2.05, 4.69) is 9.88 Å². The molecular formula is C16H14F2N2O3S2. The number of rotatable bonds is 4. The van der Waals surface area contributed by atoms with Gasteiger partial charge in [0.1, 0.15) is 16.5 Å². The van der Waals surface area contributed by atoms with E-state index in [1.165, 1.54) is 11.3 Å². The first-order valence-electron chi connectivity index (χ1n) is 7.20. The van der Waals surface area contributed by atoms with Crippen molar-refractivity contribution < 1.29 is 21.7 Å². The molecule has 25 heavy (non-hydrogen) atoms. The van der Waals surface area contributed by atoms with Crippen molar-refractivity contribution in [2.75, 3.05) is 4.72 Å². The van der Waals surface area contributed by atoms with Crippen molar-refractivity contribution >= 4 is 27.0 Å². The van der Waals surface area contributed by atoms with E-state index in [1.54, 1.807) is 26.8 Å². The second-order valence-corrected chi connectivity index (χ2v) is 8.53. The van der Waals surface area contributed by atoms with Crippen molar-refractivity contribution in [1.29, 1.82) is 0 Å². The Balaban J connectivity index is 2.12. The Morgan fingerprint density at radius 3 is 2.44 bits per heavy atom. The highest BCUT2D eigenvalue weighted by Gasteiger charge is 2.29. The number of nitrogens with one attached hydrogen (secondary N) is 1. The highest BCUT2D eigenvalue weighted by atomic mass is 32.2. The summed E-state index contributed by atoms with van der Waals surface area (Å²) >= 11 is 1.28. The zero-order valence-corrected chi connectivity index (χ0v) is 15.2. The average Bonchev–Trinajstić information content (AvgIpc) is 3.05. The molecule has 0 spiro atoms. The molecule has 1 N–H and O–H groups in total. The number of aromatic nitrogens is 1. The van der Waals surface area contributed by atoms with Crippen LogP contribution in [0.3, 0.4) is 0 Å². The van der Waals surface area contributed by atoms with Crippen molar-refractivity contribution in [2.45, 2.75) is 25.7 Å². The fourth-order valence-electron chi connectivity index (χ4n) is 2.52. The van der Waals surface area contributed by atoms with Crippen LogP contribution in [0.2, 0.25) is 0 Å². The molecule has 0 aliphatic heterocycles. The maximum atomic E-state index is 13.8. The zero-order chi connectivity index (χ0) is 18.4. The van der Waals surface area contributed by atoms with Crippen molar-refractivity contribution in [3.8, 4) is 11.3 Å². The minimum absolute atomic E-state index is 0.00475. The smallest absolute Gasteiger partial charge is 0.263 e. The quantitative estimate of drug-likeness (QED) is 0.723. The second kappa shape index (κ2) is 6.23. The SMILES string of the molecule is Cc1cc(-c2c(C)sc(C)c2S(=O)(=O)Nc2ccc(F)cc2F)on1. The first-order valence-corrected chi connectivity index (χ1v) is 9.50. The van der Waals surface area contributed by atoms with Gasteiger partial charge in [-0.15, -0.1) is 11.3 Å². The molecule has 0 saturated heterocycles. The van der Waals surface area contributed by atoms with Gasteiger partial charge in [0.25, 0.3) is 10.0 Å². The van der Waals surface area contributed by atoms with Gasteiger partial charge < -0.3 is 4.52 Å². The van der Waals surface area contributed by atoms with Crippen LogP contribution >= 0.6 is 11.3 Å². The van der Waals surface area contributed by atoms with E-state index in [9.17, 15) is 17.2 Å². The Bertz CT molecular complexity index is 1060. The lowest BCUT2D eigenvalue weighted by Crippen LogP contribution is -2.15. The van der Waals surface area contributed by atoms with Gasteiger partial charge in [-0.1, -0.05) is 5.16 Å². The predicted molar refractivity (Wildman–Crippen MR) is 91.2 cm³/mol. The lowest BCUT2D eigenvalue weighted by atomic mass is 10.2. The highest BCUT2D eigenvalue weighted by Crippen LogP contribution is 2.40. The van der Waals surface area contributed by atoms with E-state index in [0.29, 0.717) is 28.0 Å². The lowest BCUT2D eigenvalue weighted by molar-refractivity contribution is 0.426. The molecule has 3 aromatic rings. The van der Waals surface area contributed by atoms with Gasteiger partial charge >= 0.3 is 0 Å². The molecule has 0 atom stereocenters. The summed E-state index contributed by atoms with van der Waals surface area (Å²) in [4.78, 5) is 1.25. The van der Waals surface area contributed by atoms with Crippen molar-refractivity contribution in [2.24, 2.45) is 0 Å². The molecule has 132 valence electrons. The summed E-state index contributed by atoms with van der Waals surface area (Å²) in [7, 11) is -4.12. The first-order chi connectivity index (χ1) is 11.7. The molecule has 0 unspecified atom stereocenters. The topological polar surface area (TPSA) is 72.2 Å². The standard InChI is InChI=1S/C16H14F2N2O3S2/c1-8-6-14(23-19-8)15-9(2)24-10(3)16(15)25(21,22)20-13-5-4-11(17)7-12(13)18/h4-7,20H,1-3H3. The summed E-state index contributed by atoms with van der Waals surface area (Å²) in [5.74, 6) is -1.47. The summed E-state index contributed by atoms with van der Waals surface area (Å²) in [5, 5.41) is 3.79. The molecule has 0 bridgehead atoms. The number of sulfonamides is 1. The third-order valence-electron chi connectivity index (χ3n) is 3.52. The van der Waals surface area contributed by atoms with Crippen molar-refractivity contribution in [3.63, 3.8) is 0 Å². The van der Waals surface area contributed by atoms with Crippen LogP contribution in [0.1, 0.15) is 15.4 Å². The molecule has 0 amide bonds. The van der Waals surface area contributed by atoms with Gasteiger partial charge in [-0.2, -0.15) is 0 Å². The molecule has 0 radical (unpaired) electrons. The molecule has 5 nitrogen and oxygen atoms in total. The van der Waals surface area contributed by atoms with Gasteiger partial charge in [-0.05, 0) is 32.9 Å². The summed E-state index contributed by atoms with van der Waals surface area (Å²) < 4.78 is 59.9. The third-order valence-corrected chi connectivity index (χ3v) is 6.21. The van der Waals surface area contributed by atoms with Crippen LogP contribution in [0.5, 0.6) is 0 Å². The van der Waals surface area contributed by atoms with Crippen LogP contribution in [0.15, 0.2) is 33.7 Å². The largest absolute Gasteiger partial charge is 0.356 e. The monoisotopic (exact) mass is 384 g/mol. The number of aryl methyl sites for hydroxylation is 3. The molecule has 0 aliphatic carbocycles. The number of benzene rings is 1. The van der Waals surface area contributed by atoms with Crippen LogP contribution in [-0.2, 0) is 10.0 Å². The summed E-state index contributed by atoms with van der Waals surface area (Å²) in [6.45, 7) is 5.14. The Morgan fingerprint density at radius 2 is 1.84 bits per heavy atom. The maximum Gasteiger partial charge on any atom is 0.263 e. The number of halogens is 2. The summed E-state index contributed by atoms with van der Waals surface area (Å²) in [6.07, 6.45) is 0. The molecule has 1 aromatic carbocycles. The lowest BCUT2D eigenvalue weighted by Gasteiger charge is -2.10. The van der Waals surface area contributed by atoms with E-state index in [4.69, 9.17) is 4.52 Å². The Kier molecular flexibility index (Phi) is 4.38. The number of thiophene rings is 1. The highest BCUT2D eigenvalue weighted by molar-refractivity contribution is 7.93. The summed E-state index contributed by atoms with van der Waals surface area (Å²) in [6, 6.07) is 4.26. The average molecular weight is 384 g/mol. The number of hydrogen-bond donors (Lipinski definition) is 1. The van der Waals surface area contributed by atoms with Crippen LogP contribution < -0.4 is 4.72 Å².